The maximum absolute atomic E-state index is 14.0. The quantitative estimate of drug-likeness (QED) is 0.549. The van der Waals surface area contributed by atoms with E-state index in [0.717, 1.165) is 13.0 Å². The molecule has 6 heteroatoms. The van der Waals surface area contributed by atoms with Crippen LogP contribution in [0.15, 0.2) is 78.9 Å². The first kappa shape index (κ1) is 21.1. The third-order valence-electron chi connectivity index (χ3n) is 4.90. The van der Waals surface area contributed by atoms with Gasteiger partial charge >= 0.3 is 7.12 Å². The Balaban J connectivity index is 1.71. The highest BCUT2D eigenvalue weighted by molar-refractivity contribution is 6.58. The van der Waals surface area contributed by atoms with Crippen LogP contribution < -0.4 is 10.2 Å². The van der Waals surface area contributed by atoms with Gasteiger partial charge in [-0.05, 0) is 30.7 Å². The number of rotatable bonds is 9. The summed E-state index contributed by atoms with van der Waals surface area (Å²) in [5.74, 6) is -0.340. The number of benzene rings is 3. The molecule has 3 aromatic carbocycles. The SMILES string of the molecule is CN(Cc1ccccc1)[C@H](COc1ccc(B(O)O)c(F)c1)Cc1ccccc1. The second-order valence-electron chi connectivity index (χ2n) is 7.11. The second-order valence-corrected chi connectivity index (χ2v) is 7.11. The highest BCUT2D eigenvalue weighted by Gasteiger charge is 2.19. The van der Waals surface area contributed by atoms with Crippen LogP contribution in [0.5, 0.6) is 5.75 Å². The number of nitrogens with zero attached hydrogens (tertiary/aromatic N) is 1. The molecule has 0 heterocycles. The molecule has 1 atom stereocenters. The van der Waals surface area contributed by atoms with E-state index in [1.807, 2.05) is 36.4 Å². The average Bonchev–Trinajstić information content (AvgIpc) is 2.72. The molecule has 0 bridgehead atoms. The summed E-state index contributed by atoms with van der Waals surface area (Å²) in [7, 11) is 0.211. The molecule has 0 aromatic heterocycles. The van der Waals surface area contributed by atoms with Crippen LogP contribution in [0.4, 0.5) is 4.39 Å². The first-order valence-corrected chi connectivity index (χ1v) is 9.59. The number of hydrogen-bond donors (Lipinski definition) is 2. The van der Waals surface area contributed by atoms with Gasteiger partial charge in [-0.2, -0.15) is 0 Å². The number of halogens is 1. The summed E-state index contributed by atoms with van der Waals surface area (Å²) in [6.45, 7) is 1.14. The van der Waals surface area contributed by atoms with Crippen LogP contribution in [-0.2, 0) is 13.0 Å². The van der Waals surface area contributed by atoms with Gasteiger partial charge in [-0.15, -0.1) is 0 Å². The van der Waals surface area contributed by atoms with Gasteiger partial charge in [0, 0.05) is 24.1 Å². The van der Waals surface area contributed by atoms with E-state index < -0.39 is 12.9 Å². The monoisotopic (exact) mass is 393 g/mol. The van der Waals surface area contributed by atoms with Gasteiger partial charge in [-0.25, -0.2) is 4.39 Å². The van der Waals surface area contributed by atoms with Crippen molar-refractivity contribution in [2.24, 2.45) is 0 Å². The number of ether oxygens (including phenoxy) is 1. The minimum Gasteiger partial charge on any atom is -0.492 e. The maximum atomic E-state index is 14.0. The smallest absolute Gasteiger partial charge is 0.491 e. The standard InChI is InChI=1S/C23H25BFNO3/c1-26(16-19-10-6-3-7-11-19)20(14-18-8-4-2-5-9-18)17-29-21-12-13-22(24(27)28)23(25)15-21/h2-13,15,20,27-28H,14,16-17H2,1H3/t20-/m0/s1. The van der Waals surface area contributed by atoms with Gasteiger partial charge in [0.15, 0.2) is 0 Å². The van der Waals surface area contributed by atoms with Crippen LogP contribution in [0.25, 0.3) is 0 Å². The molecule has 0 saturated heterocycles. The molecule has 0 aliphatic rings. The van der Waals surface area contributed by atoms with Crippen molar-refractivity contribution < 1.29 is 19.2 Å². The lowest BCUT2D eigenvalue weighted by Crippen LogP contribution is -2.38. The normalized spacial score (nSPS) is 12.0. The molecule has 0 aliphatic carbocycles. The van der Waals surface area contributed by atoms with Crippen LogP contribution in [0, 0.1) is 5.82 Å². The van der Waals surface area contributed by atoms with Crippen LogP contribution in [0.3, 0.4) is 0 Å². The van der Waals surface area contributed by atoms with Gasteiger partial charge in [-0.3, -0.25) is 4.90 Å². The highest BCUT2D eigenvalue weighted by Crippen LogP contribution is 2.16. The summed E-state index contributed by atoms with van der Waals surface area (Å²) in [6, 6.07) is 24.5. The summed E-state index contributed by atoms with van der Waals surface area (Å²) >= 11 is 0. The first-order chi connectivity index (χ1) is 14.0. The first-order valence-electron chi connectivity index (χ1n) is 9.59. The molecule has 2 N–H and O–H groups in total. The van der Waals surface area contributed by atoms with E-state index >= 15 is 0 Å². The van der Waals surface area contributed by atoms with Crippen LogP contribution in [0.2, 0.25) is 0 Å². The lowest BCUT2D eigenvalue weighted by atomic mass is 9.80. The molecule has 0 unspecified atom stereocenters. The van der Waals surface area contributed by atoms with Crippen molar-refractivity contribution in [3.05, 3.63) is 95.8 Å². The third kappa shape index (κ3) is 6.16. The summed E-state index contributed by atoms with van der Waals surface area (Å²) in [5.41, 5.74) is 2.24. The third-order valence-corrected chi connectivity index (χ3v) is 4.90. The lowest BCUT2D eigenvalue weighted by Gasteiger charge is -2.28. The Hall–Kier alpha value is -2.67. The zero-order valence-electron chi connectivity index (χ0n) is 16.4. The van der Waals surface area contributed by atoms with Gasteiger partial charge in [0.2, 0.25) is 0 Å². The van der Waals surface area contributed by atoms with Gasteiger partial charge in [0.05, 0.1) is 0 Å². The van der Waals surface area contributed by atoms with Gasteiger partial charge < -0.3 is 14.8 Å². The summed E-state index contributed by atoms with van der Waals surface area (Å²) in [6.07, 6.45) is 0.792. The molecule has 0 radical (unpaired) electrons. The van der Waals surface area contributed by atoms with Crippen molar-refractivity contribution in [2.75, 3.05) is 13.7 Å². The fourth-order valence-corrected chi connectivity index (χ4v) is 3.23. The van der Waals surface area contributed by atoms with Crippen LogP contribution in [0.1, 0.15) is 11.1 Å². The molecule has 3 rings (SSSR count). The Labute approximate surface area is 171 Å². The highest BCUT2D eigenvalue weighted by atomic mass is 19.1. The molecule has 0 aliphatic heterocycles. The molecule has 29 heavy (non-hydrogen) atoms. The van der Waals surface area contributed by atoms with Crippen LogP contribution in [-0.4, -0.2) is 41.8 Å². The molecule has 0 amide bonds. The molecular weight excluding hydrogens is 368 g/mol. The van der Waals surface area contributed by atoms with Crippen molar-refractivity contribution >= 4 is 12.6 Å². The summed E-state index contributed by atoms with van der Waals surface area (Å²) in [4.78, 5) is 2.23. The summed E-state index contributed by atoms with van der Waals surface area (Å²) < 4.78 is 19.9. The van der Waals surface area contributed by atoms with Gasteiger partial charge in [-0.1, -0.05) is 66.7 Å². The Morgan fingerprint density at radius 3 is 2.14 bits per heavy atom. The van der Waals surface area contributed by atoms with Gasteiger partial charge in [0.1, 0.15) is 18.2 Å². The van der Waals surface area contributed by atoms with E-state index in [2.05, 4.69) is 36.2 Å². The molecule has 4 nitrogen and oxygen atoms in total. The van der Waals surface area contributed by atoms with E-state index in [1.165, 1.54) is 23.3 Å². The molecule has 0 saturated carbocycles. The van der Waals surface area contributed by atoms with Crippen molar-refractivity contribution in [2.45, 2.75) is 19.0 Å². The second kappa shape index (κ2) is 10.2. The predicted molar refractivity (Wildman–Crippen MR) is 114 cm³/mol. The molecular formula is C23H25BFNO3. The van der Waals surface area contributed by atoms with E-state index in [0.29, 0.717) is 12.4 Å². The molecule has 150 valence electrons. The van der Waals surface area contributed by atoms with Gasteiger partial charge in [0.25, 0.3) is 0 Å². The minimum atomic E-state index is -1.84. The minimum absolute atomic E-state index is 0.0729. The molecule has 0 fully saturated rings. The lowest BCUT2D eigenvalue weighted by molar-refractivity contribution is 0.154. The van der Waals surface area contributed by atoms with E-state index in [4.69, 9.17) is 14.8 Å². The Morgan fingerprint density at radius 1 is 0.931 bits per heavy atom. The Bertz CT molecular complexity index is 893. The Morgan fingerprint density at radius 2 is 1.55 bits per heavy atom. The fraction of sp³-hybridized carbons (Fsp3) is 0.217. The zero-order valence-corrected chi connectivity index (χ0v) is 16.4. The largest absolute Gasteiger partial charge is 0.492 e. The van der Waals surface area contributed by atoms with Crippen LogP contribution >= 0.6 is 0 Å². The number of hydrogen-bond acceptors (Lipinski definition) is 4. The fourth-order valence-electron chi connectivity index (χ4n) is 3.23. The van der Waals surface area contributed by atoms with Crippen molar-refractivity contribution in [1.29, 1.82) is 0 Å². The average molecular weight is 393 g/mol. The van der Waals surface area contributed by atoms with E-state index in [-0.39, 0.29) is 11.5 Å². The van der Waals surface area contributed by atoms with Crippen molar-refractivity contribution in [1.82, 2.24) is 4.90 Å². The maximum Gasteiger partial charge on any atom is 0.491 e. The van der Waals surface area contributed by atoms with Crippen molar-refractivity contribution in [3.8, 4) is 5.75 Å². The van der Waals surface area contributed by atoms with Crippen molar-refractivity contribution in [3.63, 3.8) is 0 Å². The number of likely N-dealkylation sites (N-methyl/N-ethyl adjacent to an activating group) is 1. The van der Waals surface area contributed by atoms with E-state index in [1.54, 1.807) is 6.07 Å². The summed E-state index contributed by atoms with van der Waals surface area (Å²) in [5, 5.41) is 18.3. The predicted octanol–water partition coefficient (Wildman–Crippen LogP) is 2.63. The topological polar surface area (TPSA) is 52.9 Å². The molecule has 0 spiro atoms. The Kier molecular flexibility index (Phi) is 7.41. The zero-order chi connectivity index (χ0) is 20.6. The molecule has 3 aromatic rings. The van der Waals surface area contributed by atoms with E-state index in [9.17, 15) is 4.39 Å².